The number of methoxy groups -OCH3 is 2. The van der Waals surface area contributed by atoms with Crippen LogP contribution in [0.15, 0.2) is 48.5 Å². The minimum atomic E-state index is -0.215. The molecule has 6 nitrogen and oxygen atoms in total. The van der Waals surface area contributed by atoms with Crippen molar-refractivity contribution in [3.63, 3.8) is 0 Å². The fraction of sp³-hybridized carbons (Fsp3) is 0.300. The lowest BCUT2D eigenvalue weighted by molar-refractivity contribution is -0.117. The van der Waals surface area contributed by atoms with Crippen LogP contribution < -0.4 is 19.7 Å². The predicted molar refractivity (Wildman–Crippen MR) is 98.8 cm³/mol. The minimum Gasteiger partial charge on any atom is -0.497 e. The second kappa shape index (κ2) is 7.91. The Morgan fingerprint density at radius 3 is 2.38 bits per heavy atom. The number of rotatable bonds is 6. The first-order valence-electron chi connectivity index (χ1n) is 8.47. The fourth-order valence-electron chi connectivity index (χ4n) is 3.05. The van der Waals surface area contributed by atoms with Crippen LogP contribution >= 0.6 is 0 Å². The molecule has 1 unspecified atom stereocenters. The number of ether oxygens (including phenoxy) is 2. The van der Waals surface area contributed by atoms with Gasteiger partial charge in [0.05, 0.1) is 14.2 Å². The number of carbonyl (C=O) groups excluding carboxylic acids is 2. The molecule has 26 heavy (non-hydrogen) atoms. The maximum Gasteiger partial charge on any atom is 0.251 e. The molecule has 1 fully saturated rings. The average Bonchev–Trinajstić information content (AvgIpc) is 3.06. The molecular weight excluding hydrogens is 332 g/mol. The van der Waals surface area contributed by atoms with E-state index >= 15 is 0 Å². The Balaban J connectivity index is 1.61. The van der Waals surface area contributed by atoms with Gasteiger partial charge in [0.1, 0.15) is 11.5 Å². The Hall–Kier alpha value is -3.02. The van der Waals surface area contributed by atoms with E-state index in [1.54, 1.807) is 37.3 Å². The smallest absolute Gasteiger partial charge is 0.251 e. The molecule has 0 radical (unpaired) electrons. The third-order valence-corrected chi connectivity index (χ3v) is 4.44. The van der Waals surface area contributed by atoms with Crippen molar-refractivity contribution in [1.29, 1.82) is 0 Å². The highest BCUT2D eigenvalue weighted by molar-refractivity contribution is 5.96. The summed E-state index contributed by atoms with van der Waals surface area (Å²) in [6.07, 6.45) is 0.427. The predicted octanol–water partition coefficient (Wildman–Crippen LogP) is 2.49. The van der Waals surface area contributed by atoms with Crippen LogP contribution in [0.4, 0.5) is 5.69 Å². The highest BCUT2D eigenvalue weighted by Gasteiger charge is 2.30. The molecule has 1 aliphatic rings. The summed E-state index contributed by atoms with van der Waals surface area (Å²) in [7, 11) is 3.08. The Morgan fingerprint density at radius 2 is 1.77 bits per heavy atom. The fourth-order valence-corrected chi connectivity index (χ4v) is 3.05. The number of amides is 2. The van der Waals surface area contributed by atoms with Crippen molar-refractivity contribution in [1.82, 2.24) is 5.32 Å². The number of hydrogen-bond donors (Lipinski definition) is 1. The quantitative estimate of drug-likeness (QED) is 0.865. The van der Waals surface area contributed by atoms with Crippen LogP contribution in [-0.4, -0.2) is 39.1 Å². The molecule has 6 heteroatoms. The van der Waals surface area contributed by atoms with Crippen molar-refractivity contribution in [2.24, 2.45) is 5.92 Å². The summed E-state index contributed by atoms with van der Waals surface area (Å²) in [4.78, 5) is 26.5. The van der Waals surface area contributed by atoms with Crippen LogP contribution in [0.1, 0.15) is 16.8 Å². The van der Waals surface area contributed by atoms with E-state index in [1.807, 2.05) is 30.3 Å². The monoisotopic (exact) mass is 354 g/mol. The first kappa shape index (κ1) is 17.8. The highest BCUT2D eigenvalue weighted by atomic mass is 16.5. The topological polar surface area (TPSA) is 67.9 Å². The SMILES string of the molecule is COc1cc(OC)cc(C(=O)NCC2CC(=O)N(c3ccccc3)C2)c1. The van der Waals surface area contributed by atoms with Crippen molar-refractivity contribution < 1.29 is 19.1 Å². The number of nitrogens with one attached hydrogen (secondary N) is 1. The summed E-state index contributed by atoms with van der Waals surface area (Å²) >= 11 is 0. The normalized spacial score (nSPS) is 16.5. The van der Waals surface area contributed by atoms with Gasteiger partial charge in [-0.25, -0.2) is 0 Å². The van der Waals surface area contributed by atoms with Crippen molar-refractivity contribution >= 4 is 17.5 Å². The summed E-state index contributed by atoms with van der Waals surface area (Å²) in [6.45, 7) is 1.04. The average molecular weight is 354 g/mol. The van der Waals surface area contributed by atoms with E-state index in [9.17, 15) is 9.59 Å². The Kier molecular flexibility index (Phi) is 5.41. The van der Waals surface area contributed by atoms with Crippen LogP contribution in [-0.2, 0) is 4.79 Å². The van der Waals surface area contributed by atoms with Gasteiger partial charge in [-0.15, -0.1) is 0 Å². The summed E-state index contributed by atoms with van der Waals surface area (Å²) in [6, 6.07) is 14.6. The van der Waals surface area contributed by atoms with Crippen molar-refractivity contribution in [3.8, 4) is 11.5 Å². The van der Waals surface area contributed by atoms with Gasteiger partial charge in [-0.2, -0.15) is 0 Å². The van der Waals surface area contributed by atoms with Crippen molar-refractivity contribution in [2.75, 3.05) is 32.2 Å². The van der Waals surface area contributed by atoms with Crippen LogP contribution in [0.25, 0.3) is 0 Å². The largest absolute Gasteiger partial charge is 0.497 e. The third-order valence-electron chi connectivity index (χ3n) is 4.44. The zero-order chi connectivity index (χ0) is 18.5. The Labute approximate surface area is 152 Å². The zero-order valence-corrected chi connectivity index (χ0v) is 14.9. The molecule has 0 spiro atoms. The summed E-state index contributed by atoms with van der Waals surface area (Å²) in [5.74, 6) is 1.06. The number of nitrogens with zero attached hydrogens (tertiary/aromatic N) is 1. The Bertz CT molecular complexity index is 769. The number of hydrogen-bond acceptors (Lipinski definition) is 4. The maximum absolute atomic E-state index is 12.4. The van der Waals surface area contributed by atoms with Gasteiger partial charge in [-0.05, 0) is 24.3 Å². The third kappa shape index (κ3) is 3.96. The standard InChI is InChI=1S/C20H22N2O4/c1-25-17-9-15(10-18(11-17)26-2)20(24)21-12-14-8-19(23)22(13-14)16-6-4-3-5-7-16/h3-7,9-11,14H,8,12-13H2,1-2H3,(H,21,24). The minimum absolute atomic E-state index is 0.0819. The van der Waals surface area contributed by atoms with E-state index < -0.39 is 0 Å². The van der Waals surface area contributed by atoms with Gasteiger partial charge in [0.25, 0.3) is 5.91 Å². The molecular formula is C20H22N2O4. The number of carbonyl (C=O) groups is 2. The molecule has 0 bridgehead atoms. The van der Waals surface area contributed by atoms with Crippen LogP contribution in [0.3, 0.4) is 0 Å². The molecule has 136 valence electrons. The number of benzene rings is 2. The van der Waals surface area contributed by atoms with Gasteiger partial charge in [0.15, 0.2) is 0 Å². The highest BCUT2D eigenvalue weighted by Crippen LogP contribution is 2.25. The van der Waals surface area contributed by atoms with Crippen molar-refractivity contribution in [2.45, 2.75) is 6.42 Å². The lowest BCUT2D eigenvalue weighted by Gasteiger charge is -2.17. The lowest BCUT2D eigenvalue weighted by atomic mass is 10.1. The summed E-state index contributed by atoms with van der Waals surface area (Å²) in [5, 5.41) is 2.91. The van der Waals surface area contributed by atoms with E-state index in [2.05, 4.69) is 5.32 Å². The van der Waals surface area contributed by atoms with E-state index in [-0.39, 0.29) is 17.7 Å². The Morgan fingerprint density at radius 1 is 1.12 bits per heavy atom. The molecule has 1 heterocycles. The van der Waals surface area contributed by atoms with Gasteiger partial charge >= 0.3 is 0 Å². The molecule has 2 aromatic rings. The second-order valence-corrected chi connectivity index (χ2v) is 6.22. The molecule has 0 aromatic heterocycles. The van der Waals surface area contributed by atoms with Crippen molar-refractivity contribution in [3.05, 3.63) is 54.1 Å². The van der Waals surface area contributed by atoms with Crippen LogP contribution in [0, 0.1) is 5.92 Å². The summed E-state index contributed by atoms with van der Waals surface area (Å²) < 4.78 is 10.4. The molecule has 0 saturated carbocycles. The molecule has 1 atom stereocenters. The number of para-hydroxylation sites is 1. The van der Waals surface area contributed by atoms with Gasteiger partial charge in [-0.3, -0.25) is 9.59 Å². The molecule has 2 amide bonds. The van der Waals surface area contributed by atoms with Gasteiger partial charge in [0, 0.05) is 42.7 Å². The van der Waals surface area contributed by atoms with Gasteiger partial charge in [0.2, 0.25) is 5.91 Å². The van der Waals surface area contributed by atoms with Crippen LogP contribution in [0.2, 0.25) is 0 Å². The second-order valence-electron chi connectivity index (χ2n) is 6.22. The van der Waals surface area contributed by atoms with Crippen LogP contribution in [0.5, 0.6) is 11.5 Å². The maximum atomic E-state index is 12.4. The van der Waals surface area contributed by atoms with E-state index in [4.69, 9.17) is 9.47 Å². The lowest BCUT2D eigenvalue weighted by Crippen LogP contribution is -2.31. The molecule has 1 aliphatic heterocycles. The molecule has 1 saturated heterocycles. The molecule has 2 aromatic carbocycles. The van der Waals surface area contributed by atoms with E-state index in [0.717, 1.165) is 5.69 Å². The van der Waals surface area contributed by atoms with E-state index in [0.29, 0.717) is 36.6 Å². The first-order chi connectivity index (χ1) is 12.6. The van der Waals surface area contributed by atoms with Gasteiger partial charge in [-0.1, -0.05) is 18.2 Å². The summed E-state index contributed by atoms with van der Waals surface area (Å²) in [5.41, 5.74) is 1.36. The molecule has 1 N–H and O–H groups in total. The molecule has 3 rings (SSSR count). The zero-order valence-electron chi connectivity index (χ0n) is 14.9. The van der Waals surface area contributed by atoms with Gasteiger partial charge < -0.3 is 19.7 Å². The first-order valence-corrected chi connectivity index (χ1v) is 8.47. The number of anilines is 1. The molecule has 0 aliphatic carbocycles. The van der Waals surface area contributed by atoms with E-state index in [1.165, 1.54) is 0 Å².